The average Bonchev–Trinajstić information content (AvgIpc) is 3.04. The first-order valence-electron chi connectivity index (χ1n) is 9.20. The predicted octanol–water partition coefficient (Wildman–Crippen LogP) is 4.49. The molecule has 0 aliphatic heterocycles. The second-order valence-corrected chi connectivity index (χ2v) is 7.12. The molecular weight excluding hydrogens is 374 g/mol. The molecule has 0 spiro atoms. The predicted molar refractivity (Wildman–Crippen MR) is 111 cm³/mol. The zero-order chi connectivity index (χ0) is 20.1. The Morgan fingerprint density at radius 1 is 1.18 bits per heavy atom. The molecule has 3 aromatic rings. The summed E-state index contributed by atoms with van der Waals surface area (Å²) < 4.78 is 7.53. The largest absolute Gasteiger partial charge is 0.489 e. The Hall–Kier alpha value is -2.79. The maximum atomic E-state index is 12.8. The molecule has 0 unspecified atom stereocenters. The van der Waals surface area contributed by atoms with Crippen LogP contribution in [0.1, 0.15) is 34.1 Å². The summed E-state index contributed by atoms with van der Waals surface area (Å²) in [7, 11) is 3.56. The highest BCUT2D eigenvalue weighted by molar-refractivity contribution is 6.31. The first kappa shape index (κ1) is 20.0. The summed E-state index contributed by atoms with van der Waals surface area (Å²) in [6, 6.07) is 15.6. The Labute approximate surface area is 170 Å². The van der Waals surface area contributed by atoms with Crippen LogP contribution in [0.3, 0.4) is 0 Å². The second-order valence-electron chi connectivity index (χ2n) is 6.71. The lowest BCUT2D eigenvalue weighted by atomic mass is 10.1. The van der Waals surface area contributed by atoms with Crippen molar-refractivity contribution in [3.05, 3.63) is 82.1 Å². The van der Waals surface area contributed by atoms with Gasteiger partial charge in [-0.3, -0.25) is 9.48 Å². The number of rotatable bonds is 7. The van der Waals surface area contributed by atoms with E-state index < -0.39 is 0 Å². The van der Waals surface area contributed by atoms with Gasteiger partial charge in [0.2, 0.25) is 0 Å². The fourth-order valence-electron chi connectivity index (χ4n) is 2.91. The minimum atomic E-state index is -0.0774. The molecule has 6 heteroatoms. The van der Waals surface area contributed by atoms with Crippen LogP contribution in [0.4, 0.5) is 0 Å². The van der Waals surface area contributed by atoms with Crippen LogP contribution in [0.5, 0.6) is 5.75 Å². The van der Waals surface area contributed by atoms with Gasteiger partial charge in [0.05, 0.1) is 23.5 Å². The Balaban J connectivity index is 1.65. The number of aromatic nitrogens is 2. The summed E-state index contributed by atoms with van der Waals surface area (Å²) >= 11 is 6.15. The van der Waals surface area contributed by atoms with E-state index in [1.807, 2.05) is 43.4 Å². The number of ether oxygens (including phenoxy) is 1. The van der Waals surface area contributed by atoms with Crippen LogP contribution in [0.2, 0.25) is 5.02 Å². The number of benzene rings is 2. The summed E-state index contributed by atoms with van der Waals surface area (Å²) in [6.07, 6.45) is 2.59. The van der Waals surface area contributed by atoms with Crippen molar-refractivity contribution in [2.24, 2.45) is 7.05 Å². The molecule has 146 valence electrons. The molecule has 5 nitrogen and oxygen atoms in total. The highest BCUT2D eigenvalue weighted by Gasteiger charge is 2.16. The van der Waals surface area contributed by atoms with Gasteiger partial charge < -0.3 is 9.64 Å². The molecule has 2 aromatic carbocycles. The third kappa shape index (κ3) is 4.73. The fraction of sp³-hybridized carbons (Fsp3) is 0.273. The van der Waals surface area contributed by atoms with Crippen LogP contribution in [0.15, 0.2) is 54.7 Å². The quantitative estimate of drug-likeness (QED) is 0.590. The van der Waals surface area contributed by atoms with E-state index in [-0.39, 0.29) is 5.91 Å². The van der Waals surface area contributed by atoms with Crippen LogP contribution in [0, 0.1) is 0 Å². The van der Waals surface area contributed by atoms with Crippen molar-refractivity contribution in [1.82, 2.24) is 14.7 Å². The SMILES string of the molecule is CCc1ccc(OCc2cccc(C(=O)N(C)Cc3c(Cl)cnn3C)c2)cc1. The summed E-state index contributed by atoms with van der Waals surface area (Å²) in [5.74, 6) is 0.739. The molecule has 0 bridgehead atoms. The van der Waals surface area contributed by atoms with Gasteiger partial charge >= 0.3 is 0 Å². The summed E-state index contributed by atoms with van der Waals surface area (Å²) in [5, 5.41) is 4.66. The lowest BCUT2D eigenvalue weighted by Gasteiger charge is -2.18. The van der Waals surface area contributed by atoms with Crippen molar-refractivity contribution in [2.75, 3.05) is 7.05 Å². The maximum Gasteiger partial charge on any atom is 0.253 e. The van der Waals surface area contributed by atoms with Crippen molar-refractivity contribution in [2.45, 2.75) is 26.5 Å². The van der Waals surface area contributed by atoms with Gasteiger partial charge in [0.15, 0.2) is 0 Å². The van der Waals surface area contributed by atoms with Crippen molar-refractivity contribution >= 4 is 17.5 Å². The molecule has 0 radical (unpaired) electrons. The van der Waals surface area contributed by atoms with Crippen molar-refractivity contribution in [3.63, 3.8) is 0 Å². The highest BCUT2D eigenvalue weighted by Crippen LogP contribution is 2.18. The monoisotopic (exact) mass is 397 g/mol. The highest BCUT2D eigenvalue weighted by atomic mass is 35.5. The van der Waals surface area contributed by atoms with Gasteiger partial charge in [-0.25, -0.2) is 0 Å². The van der Waals surface area contributed by atoms with Crippen LogP contribution < -0.4 is 4.74 Å². The lowest BCUT2D eigenvalue weighted by molar-refractivity contribution is 0.0782. The molecule has 0 aliphatic carbocycles. The minimum absolute atomic E-state index is 0.0774. The van der Waals surface area contributed by atoms with Crippen LogP contribution in [-0.4, -0.2) is 27.6 Å². The molecule has 0 saturated carbocycles. The Morgan fingerprint density at radius 3 is 2.57 bits per heavy atom. The number of halogens is 1. The van der Waals surface area contributed by atoms with Crippen LogP contribution in [0.25, 0.3) is 0 Å². The second kappa shape index (κ2) is 8.93. The smallest absolute Gasteiger partial charge is 0.253 e. The van der Waals surface area contributed by atoms with Gasteiger partial charge in [-0.1, -0.05) is 42.8 Å². The van der Waals surface area contributed by atoms with E-state index in [9.17, 15) is 4.79 Å². The number of carbonyl (C=O) groups excluding carboxylic acids is 1. The molecule has 0 saturated heterocycles. The van der Waals surface area contributed by atoms with Crippen LogP contribution in [-0.2, 0) is 26.6 Å². The number of amides is 1. The van der Waals surface area contributed by atoms with Gasteiger partial charge in [-0.05, 0) is 41.8 Å². The third-order valence-electron chi connectivity index (χ3n) is 4.66. The first-order valence-corrected chi connectivity index (χ1v) is 9.58. The first-order chi connectivity index (χ1) is 13.5. The molecule has 1 amide bonds. The van der Waals surface area contributed by atoms with Crippen molar-refractivity contribution < 1.29 is 9.53 Å². The number of aryl methyl sites for hydroxylation is 2. The van der Waals surface area contributed by atoms with E-state index in [1.54, 1.807) is 22.8 Å². The van der Waals surface area contributed by atoms with Gasteiger partial charge in [0.1, 0.15) is 12.4 Å². The Morgan fingerprint density at radius 2 is 1.93 bits per heavy atom. The van der Waals surface area contributed by atoms with E-state index in [4.69, 9.17) is 16.3 Å². The molecule has 1 heterocycles. The molecule has 0 fully saturated rings. The molecular formula is C22H24ClN3O2. The molecule has 1 aromatic heterocycles. The number of nitrogens with zero attached hydrogens (tertiary/aromatic N) is 3. The minimum Gasteiger partial charge on any atom is -0.489 e. The van der Waals surface area contributed by atoms with Gasteiger partial charge in [-0.2, -0.15) is 5.10 Å². The van der Waals surface area contributed by atoms with Crippen molar-refractivity contribution in [3.8, 4) is 5.75 Å². The normalized spacial score (nSPS) is 10.7. The standard InChI is InChI=1S/C22H24ClN3O2/c1-4-16-8-10-19(11-9-16)28-15-17-6-5-7-18(12-17)22(27)25(2)14-21-20(23)13-24-26(21)3/h5-13H,4,14-15H2,1-3H3. The Kier molecular flexibility index (Phi) is 6.37. The zero-order valence-corrected chi connectivity index (χ0v) is 17.1. The van der Waals surface area contributed by atoms with E-state index in [0.29, 0.717) is 23.7 Å². The molecule has 0 atom stereocenters. The number of hydrogen-bond donors (Lipinski definition) is 0. The summed E-state index contributed by atoms with van der Waals surface area (Å²) in [6.45, 7) is 2.92. The van der Waals surface area contributed by atoms with Gasteiger partial charge in [0, 0.05) is 19.7 Å². The van der Waals surface area contributed by atoms with Crippen molar-refractivity contribution in [1.29, 1.82) is 0 Å². The van der Waals surface area contributed by atoms with E-state index >= 15 is 0 Å². The molecule has 28 heavy (non-hydrogen) atoms. The molecule has 0 N–H and O–H groups in total. The molecule has 0 aliphatic rings. The Bertz CT molecular complexity index is 931. The van der Waals surface area contributed by atoms with Gasteiger partial charge in [-0.15, -0.1) is 0 Å². The topological polar surface area (TPSA) is 47.4 Å². The van der Waals surface area contributed by atoms with E-state index in [0.717, 1.165) is 23.4 Å². The maximum absolute atomic E-state index is 12.8. The zero-order valence-electron chi connectivity index (χ0n) is 16.4. The van der Waals surface area contributed by atoms with Gasteiger partial charge in [0.25, 0.3) is 5.91 Å². The molecule has 3 rings (SSSR count). The van der Waals surface area contributed by atoms with Crippen LogP contribution >= 0.6 is 11.6 Å². The summed E-state index contributed by atoms with van der Waals surface area (Å²) in [5.41, 5.74) is 3.63. The third-order valence-corrected chi connectivity index (χ3v) is 4.97. The average molecular weight is 398 g/mol. The summed E-state index contributed by atoms with van der Waals surface area (Å²) in [4.78, 5) is 14.4. The van der Waals surface area contributed by atoms with E-state index in [1.165, 1.54) is 5.56 Å². The van der Waals surface area contributed by atoms with E-state index in [2.05, 4.69) is 24.2 Å². The number of carbonyl (C=O) groups is 1. The number of hydrogen-bond acceptors (Lipinski definition) is 3. The lowest BCUT2D eigenvalue weighted by Crippen LogP contribution is -2.27. The fourth-order valence-corrected chi connectivity index (χ4v) is 3.14.